The Kier molecular flexibility index (Phi) is 4.07. The summed E-state index contributed by atoms with van der Waals surface area (Å²) in [7, 11) is 0. The van der Waals surface area contributed by atoms with Gasteiger partial charge in [-0.1, -0.05) is 34.5 Å². The smallest absolute Gasteiger partial charge is 0.229 e. The maximum absolute atomic E-state index is 12.0. The Balaban J connectivity index is 2.07. The average molecular weight is 318 g/mol. The van der Waals surface area contributed by atoms with Gasteiger partial charge in [-0.15, -0.1) is 0 Å². The molecule has 92 valence electrons. The molecule has 2 N–H and O–H groups in total. The summed E-state index contributed by atoms with van der Waals surface area (Å²) >= 11 is 9.39. The highest BCUT2D eigenvalue weighted by Crippen LogP contribution is 2.27. The summed E-state index contributed by atoms with van der Waals surface area (Å²) in [6.07, 6.45) is 0. The van der Waals surface area contributed by atoms with Crippen molar-refractivity contribution in [1.82, 2.24) is 5.32 Å². The van der Waals surface area contributed by atoms with E-state index in [0.29, 0.717) is 16.6 Å². The molecule has 1 amide bonds. The number of nitrogens with one attached hydrogen (secondary N) is 2. The van der Waals surface area contributed by atoms with Gasteiger partial charge < -0.3 is 10.6 Å². The number of hydrogen-bond acceptors (Lipinski definition) is 2. The van der Waals surface area contributed by atoms with E-state index < -0.39 is 0 Å². The summed E-state index contributed by atoms with van der Waals surface area (Å²) in [4.78, 5) is 12.0. The molecular formula is C12H14BrClN2O. The molecule has 0 aliphatic carbocycles. The number of amides is 1. The normalized spacial score (nSPS) is 23.7. The van der Waals surface area contributed by atoms with Crippen molar-refractivity contribution in [1.29, 1.82) is 0 Å². The first-order valence-electron chi connectivity index (χ1n) is 5.54. The van der Waals surface area contributed by atoms with Gasteiger partial charge >= 0.3 is 0 Å². The van der Waals surface area contributed by atoms with E-state index in [4.69, 9.17) is 11.6 Å². The zero-order valence-corrected chi connectivity index (χ0v) is 11.8. The second-order valence-electron chi connectivity index (χ2n) is 4.36. The van der Waals surface area contributed by atoms with Gasteiger partial charge in [-0.2, -0.15) is 0 Å². The van der Waals surface area contributed by atoms with Crippen molar-refractivity contribution in [2.45, 2.75) is 6.92 Å². The van der Waals surface area contributed by atoms with Crippen LogP contribution >= 0.6 is 27.5 Å². The fraction of sp³-hybridized carbons (Fsp3) is 0.417. The van der Waals surface area contributed by atoms with Crippen molar-refractivity contribution in [2.75, 3.05) is 18.4 Å². The van der Waals surface area contributed by atoms with Gasteiger partial charge in [0.05, 0.1) is 16.6 Å². The number of rotatable bonds is 2. The maximum atomic E-state index is 12.0. The number of halogens is 2. The second-order valence-corrected chi connectivity index (χ2v) is 5.68. The summed E-state index contributed by atoms with van der Waals surface area (Å²) in [5, 5.41) is 6.64. The van der Waals surface area contributed by atoms with Gasteiger partial charge in [-0.25, -0.2) is 0 Å². The van der Waals surface area contributed by atoms with Crippen LogP contribution in [0.4, 0.5) is 5.69 Å². The van der Waals surface area contributed by atoms with E-state index in [0.717, 1.165) is 17.6 Å². The van der Waals surface area contributed by atoms with Gasteiger partial charge in [0, 0.05) is 11.0 Å². The van der Waals surface area contributed by atoms with Crippen LogP contribution in [0.3, 0.4) is 0 Å². The van der Waals surface area contributed by atoms with Crippen LogP contribution in [-0.4, -0.2) is 19.0 Å². The third-order valence-electron chi connectivity index (χ3n) is 3.04. The van der Waals surface area contributed by atoms with E-state index in [1.165, 1.54) is 0 Å². The molecule has 3 nitrogen and oxygen atoms in total. The largest absolute Gasteiger partial charge is 0.324 e. The highest BCUT2D eigenvalue weighted by atomic mass is 79.9. The fourth-order valence-electron chi connectivity index (χ4n) is 1.98. The van der Waals surface area contributed by atoms with E-state index in [9.17, 15) is 4.79 Å². The molecule has 1 heterocycles. The van der Waals surface area contributed by atoms with Crippen molar-refractivity contribution in [2.24, 2.45) is 11.8 Å². The molecule has 2 atom stereocenters. The van der Waals surface area contributed by atoms with E-state index in [2.05, 4.69) is 33.5 Å². The van der Waals surface area contributed by atoms with Crippen LogP contribution in [0.15, 0.2) is 22.7 Å². The molecule has 0 spiro atoms. The summed E-state index contributed by atoms with van der Waals surface area (Å²) in [6, 6.07) is 5.43. The van der Waals surface area contributed by atoms with E-state index in [1.807, 2.05) is 6.07 Å². The Morgan fingerprint density at radius 1 is 1.53 bits per heavy atom. The average Bonchev–Trinajstić information content (AvgIpc) is 2.68. The standard InChI is InChI=1S/C12H14BrClN2O/c1-7-5-15-6-9(7)12(17)16-11-3-2-8(13)4-10(11)14/h2-4,7,9,15H,5-6H2,1H3,(H,16,17). The number of anilines is 1. The Morgan fingerprint density at radius 2 is 2.29 bits per heavy atom. The topological polar surface area (TPSA) is 41.1 Å². The van der Waals surface area contributed by atoms with Gasteiger partial charge in [0.25, 0.3) is 0 Å². The van der Waals surface area contributed by atoms with E-state index in [-0.39, 0.29) is 11.8 Å². The molecule has 0 aromatic heterocycles. The van der Waals surface area contributed by atoms with Crippen molar-refractivity contribution < 1.29 is 4.79 Å². The molecule has 0 saturated carbocycles. The lowest BCUT2D eigenvalue weighted by atomic mass is 9.97. The first-order valence-corrected chi connectivity index (χ1v) is 6.71. The van der Waals surface area contributed by atoms with Crippen LogP contribution in [0, 0.1) is 11.8 Å². The van der Waals surface area contributed by atoms with Crippen molar-refractivity contribution in [3.8, 4) is 0 Å². The van der Waals surface area contributed by atoms with Crippen LogP contribution in [0.1, 0.15) is 6.92 Å². The van der Waals surface area contributed by atoms with Crippen molar-refractivity contribution in [3.63, 3.8) is 0 Å². The maximum Gasteiger partial charge on any atom is 0.229 e. The van der Waals surface area contributed by atoms with E-state index >= 15 is 0 Å². The predicted molar refractivity (Wildman–Crippen MR) is 73.3 cm³/mol. The lowest BCUT2D eigenvalue weighted by Crippen LogP contribution is -2.27. The molecule has 2 unspecified atom stereocenters. The predicted octanol–water partition coefficient (Wildman–Crippen LogP) is 2.90. The minimum Gasteiger partial charge on any atom is -0.324 e. The number of carbonyl (C=O) groups excluding carboxylic acids is 1. The van der Waals surface area contributed by atoms with Crippen LogP contribution in [0.2, 0.25) is 5.02 Å². The van der Waals surface area contributed by atoms with Gasteiger partial charge in [-0.3, -0.25) is 4.79 Å². The van der Waals surface area contributed by atoms with E-state index in [1.54, 1.807) is 12.1 Å². The van der Waals surface area contributed by atoms with Crippen LogP contribution in [0.25, 0.3) is 0 Å². The third-order valence-corrected chi connectivity index (χ3v) is 3.85. The van der Waals surface area contributed by atoms with Gasteiger partial charge in [0.15, 0.2) is 0 Å². The molecule has 1 aromatic carbocycles. The Hall–Kier alpha value is -0.580. The molecule has 0 radical (unpaired) electrons. The quantitative estimate of drug-likeness (QED) is 0.880. The number of hydrogen-bond donors (Lipinski definition) is 2. The third kappa shape index (κ3) is 3.00. The Bertz CT molecular complexity index is 439. The molecule has 1 aliphatic rings. The molecule has 1 aliphatic heterocycles. The minimum absolute atomic E-state index is 0.0229. The molecule has 5 heteroatoms. The number of carbonyl (C=O) groups is 1. The first kappa shape index (κ1) is 12.9. The van der Waals surface area contributed by atoms with Gasteiger partial charge in [0.1, 0.15) is 0 Å². The SMILES string of the molecule is CC1CNCC1C(=O)Nc1ccc(Br)cc1Cl. The van der Waals surface area contributed by atoms with Gasteiger partial charge in [0.2, 0.25) is 5.91 Å². The lowest BCUT2D eigenvalue weighted by Gasteiger charge is -2.15. The fourth-order valence-corrected chi connectivity index (χ4v) is 2.70. The van der Waals surface area contributed by atoms with Gasteiger partial charge in [-0.05, 0) is 30.7 Å². The Labute approximate surface area is 114 Å². The lowest BCUT2D eigenvalue weighted by molar-refractivity contribution is -0.120. The number of benzene rings is 1. The zero-order valence-electron chi connectivity index (χ0n) is 9.47. The van der Waals surface area contributed by atoms with Crippen molar-refractivity contribution >= 4 is 39.1 Å². The highest BCUT2D eigenvalue weighted by molar-refractivity contribution is 9.10. The minimum atomic E-state index is 0.0229. The first-order chi connectivity index (χ1) is 8.08. The zero-order chi connectivity index (χ0) is 12.4. The van der Waals surface area contributed by atoms with Crippen LogP contribution in [-0.2, 0) is 4.79 Å². The summed E-state index contributed by atoms with van der Waals surface area (Å²) in [6.45, 7) is 3.71. The highest BCUT2D eigenvalue weighted by Gasteiger charge is 2.29. The molecule has 1 aromatic rings. The van der Waals surface area contributed by atoms with Crippen LogP contribution in [0.5, 0.6) is 0 Å². The summed E-state index contributed by atoms with van der Waals surface area (Å²) < 4.78 is 0.899. The van der Waals surface area contributed by atoms with Crippen LogP contribution < -0.4 is 10.6 Å². The molecule has 0 bridgehead atoms. The van der Waals surface area contributed by atoms with Crippen molar-refractivity contribution in [3.05, 3.63) is 27.7 Å². The monoisotopic (exact) mass is 316 g/mol. The molecule has 17 heavy (non-hydrogen) atoms. The molecular weight excluding hydrogens is 304 g/mol. The summed E-state index contributed by atoms with van der Waals surface area (Å²) in [5.74, 6) is 0.422. The molecule has 2 rings (SSSR count). The second kappa shape index (κ2) is 5.38. The molecule has 1 saturated heterocycles. The summed E-state index contributed by atoms with van der Waals surface area (Å²) in [5.41, 5.74) is 0.666. The molecule has 1 fully saturated rings. The Morgan fingerprint density at radius 3 is 2.88 bits per heavy atom.